The summed E-state index contributed by atoms with van der Waals surface area (Å²) in [5.41, 5.74) is 1.32. The summed E-state index contributed by atoms with van der Waals surface area (Å²) in [6.07, 6.45) is 17.0. The molecule has 3 aromatic carbocycles. The van der Waals surface area contributed by atoms with Crippen molar-refractivity contribution >= 4 is 22.7 Å². The quantitative estimate of drug-likeness (QED) is 0.0785. The molecule has 0 bridgehead atoms. The van der Waals surface area contributed by atoms with Crippen LogP contribution in [0.4, 0.5) is 4.39 Å². The lowest BCUT2D eigenvalue weighted by Gasteiger charge is -2.13. The van der Waals surface area contributed by atoms with Crippen LogP contribution in [0.5, 0.6) is 5.75 Å². The lowest BCUT2D eigenvalue weighted by molar-refractivity contribution is 0.0319. The summed E-state index contributed by atoms with van der Waals surface area (Å²) in [5.74, 6) is -0.936. The van der Waals surface area contributed by atoms with E-state index in [1.807, 2.05) is 13.0 Å². The molecule has 0 heterocycles. The standard InChI is InChI=1S/C37H49FO4.H2O/c1-4-6-8-10-11-12-13-14-16-18-29-19-21-33(27-35(29)38)37(40)42-34-24-23-30-25-32(22-20-31(30)26-34)36(39)41-28(3)17-15-9-7-5-2;/h19-28H,4-18H2,1-3H3;1H2/t28-;/m1./s1. The average molecular weight is 595 g/mol. The number of rotatable bonds is 19. The van der Waals surface area contributed by atoms with Gasteiger partial charge in [0.15, 0.2) is 0 Å². The maximum atomic E-state index is 14.7. The van der Waals surface area contributed by atoms with Crippen LogP contribution in [-0.4, -0.2) is 23.5 Å². The van der Waals surface area contributed by atoms with Gasteiger partial charge in [-0.25, -0.2) is 14.0 Å². The van der Waals surface area contributed by atoms with Crippen LogP contribution in [0.25, 0.3) is 10.8 Å². The number of esters is 2. The molecule has 0 spiro atoms. The SMILES string of the molecule is CCCCCCCCCCCc1ccc(C(=O)Oc2ccc3cc(C(=O)O[C@H](C)CCCCCC)ccc3c2)cc1F.O. The van der Waals surface area contributed by atoms with Crippen LogP contribution in [0.2, 0.25) is 0 Å². The Morgan fingerprint density at radius 3 is 1.91 bits per heavy atom. The van der Waals surface area contributed by atoms with Gasteiger partial charge in [0, 0.05) is 0 Å². The summed E-state index contributed by atoms with van der Waals surface area (Å²) in [7, 11) is 0. The Labute approximate surface area is 257 Å². The lowest BCUT2D eigenvalue weighted by Crippen LogP contribution is -2.15. The van der Waals surface area contributed by atoms with Crippen molar-refractivity contribution in [3.05, 3.63) is 77.1 Å². The summed E-state index contributed by atoms with van der Waals surface area (Å²) < 4.78 is 25.9. The highest BCUT2D eigenvalue weighted by Crippen LogP contribution is 2.24. The van der Waals surface area contributed by atoms with Crippen molar-refractivity contribution in [2.45, 2.75) is 123 Å². The summed E-state index contributed by atoms with van der Waals surface area (Å²) in [4.78, 5) is 25.4. The first-order chi connectivity index (χ1) is 20.4. The Balaban J connectivity index is 0.00000645. The number of hydrogen-bond acceptors (Lipinski definition) is 4. The minimum atomic E-state index is -0.601. The van der Waals surface area contributed by atoms with Crippen molar-refractivity contribution < 1.29 is 28.9 Å². The molecule has 0 unspecified atom stereocenters. The molecule has 0 fully saturated rings. The van der Waals surface area contributed by atoms with Crippen LogP contribution in [0.3, 0.4) is 0 Å². The fraction of sp³-hybridized carbons (Fsp3) is 0.514. The van der Waals surface area contributed by atoms with Gasteiger partial charge in [0.1, 0.15) is 11.6 Å². The molecule has 2 N–H and O–H groups in total. The van der Waals surface area contributed by atoms with Gasteiger partial charge in [0.2, 0.25) is 0 Å². The molecule has 0 aliphatic carbocycles. The topological polar surface area (TPSA) is 84.1 Å². The highest BCUT2D eigenvalue weighted by molar-refractivity contribution is 5.96. The predicted octanol–water partition coefficient (Wildman–Crippen LogP) is 9.96. The molecule has 3 aromatic rings. The molecule has 0 aliphatic heterocycles. The van der Waals surface area contributed by atoms with Gasteiger partial charge in [-0.2, -0.15) is 0 Å². The molecule has 43 heavy (non-hydrogen) atoms. The third-order valence-electron chi connectivity index (χ3n) is 7.87. The van der Waals surface area contributed by atoms with E-state index in [1.165, 1.54) is 63.9 Å². The third kappa shape index (κ3) is 12.5. The van der Waals surface area contributed by atoms with Gasteiger partial charge >= 0.3 is 11.9 Å². The highest BCUT2D eigenvalue weighted by Gasteiger charge is 2.15. The molecule has 5 nitrogen and oxygen atoms in total. The number of carbonyl (C=O) groups is 2. The number of carbonyl (C=O) groups excluding carboxylic acids is 2. The molecule has 0 amide bonds. The maximum Gasteiger partial charge on any atom is 0.343 e. The number of ether oxygens (including phenoxy) is 2. The van der Waals surface area contributed by atoms with Gasteiger partial charge < -0.3 is 14.9 Å². The van der Waals surface area contributed by atoms with Crippen LogP contribution in [0, 0.1) is 5.82 Å². The Hall–Kier alpha value is -3.25. The number of aryl methyl sites for hydroxylation is 1. The molecular formula is C37H51FO5. The van der Waals surface area contributed by atoms with Gasteiger partial charge in [-0.3, -0.25) is 0 Å². The van der Waals surface area contributed by atoms with Crippen LogP contribution >= 0.6 is 0 Å². The molecule has 6 heteroatoms. The van der Waals surface area contributed by atoms with E-state index in [1.54, 1.807) is 42.5 Å². The summed E-state index contributed by atoms with van der Waals surface area (Å²) >= 11 is 0. The van der Waals surface area contributed by atoms with Crippen molar-refractivity contribution in [3.63, 3.8) is 0 Å². The van der Waals surface area contributed by atoms with E-state index in [9.17, 15) is 14.0 Å². The van der Waals surface area contributed by atoms with E-state index >= 15 is 0 Å². The molecule has 236 valence electrons. The molecular weight excluding hydrogens is 543 g/mol. The molecule has 0 aliphatic rings. The van der Waals surface area contributed by atoms with Crippen molar-refractivity contribution in [1.82, 2.24) is 0 Å². The number of hydrogen-bond donors (Lipinski definition) is 0. The fourth-order valence-corrected chi connectivity index (χ4v) is 5.25. The van der Waals surface area contributed by atoms with E-state index in [2.05, 4.69) is 13.8 Å². The van der Waals surface area contributed by atoms with Crippen molar-refractivity contribution in [2.75, 3.05) is 0 Å². The highest BCUT2D eigenvalue weighted by atomic mass is 19.1. The second kappa shape index (κ2) is 19.8. The van der Waals surface area contributed by atoms with Crippen LogP contribution in [0.1, 0.15) is 137 Å². The number of benzene rings is 3. The number of halogens is 1. The largest absolute Gasteiger partial charge is 0.459 e. The Bertz CT molecular complexity index is 1270. The van der Waals surface area contributed by atoms with Gasteiger partial charge in [-0.1, -0.05) is 103 Å². The molecule has 1 atom stereocenters. The van der Waals surface area contributed by atoms with Crippen molar-refractivity contribution in [1.29, 1.82) is 0 Å². The van der Waals surface area contributed by atoms with E-state index < -0.39 is 5.97 Å². The molecule has 0 saturated carbocycles. The van der Waals surface area contributed by atoms with Crippen molar-refractivity contribution in [3.8, 4) is 5.75 Å². The predicted molar refractivity (Wildman–Crippen MR) is 173 cm³/mol. The fourth-order valence-electron chi connectivity index (χ4n) is 5.25. The van der Waals surface area contributed by atoms with E-state index in [0.717, 1.165) is 42.9 Å². The van der Waals surface area contributed by atoms with Gasteiger partial charge in [0.05, 0.1) is 17.2 Å². The first-order valence-corrected chi connectivity index (χ1v) is 16.2. The molecule has 0 saturated heterocycles. The smallest absolute Gasteiger partial charge is 0.343 e. The second-order valence-corrected chi connectivity index (χ2v) is 11.6. The maximum absolute atomic E-state index is 14.7. The summed E-state index contributed by atoms with van der Waals surface area (Å²) in [6.45, 7) is 6.34. The van der Waals surface area contributed by atoms with E-state index in [0.29, 0.717) is 23.3 Å². The zero-order chi connectivity index (χ0) is 30.2. The summed E-state index contributed by atoms with van der Waals surface area (Å²) in [6, 6.07) is 15.2. The Morgan fingerprint density at radius 2 is 1.23 bits per heavy atom. The zero-order valence-corrected chi connectivity index (χ0v) is 26.4. The van der Waals surface area contributed by atoms with Crippen LogP contribution in [0.15, 0.2) is 54.6 Å². The Morgan fingerprint density at radius 1 is 0.674 bits per heavy atom. The van der Waals surface area contributed by atoms with Gasteiger partial charge in [0.25, 0.3) is 0 Å². The average Bonchev–Trinajstić information content (AvgIpc) is 2.98. The third-order valence-corrected chi connectivity index (χ3v) is 7.87. The van der Waals surface area contributed by atoms with E-state index in [-0.39, 0.29) is 28.9 Å². The monoisotopic (exact) mass is 594 g/mol. The first kappa shape index (κ1) is 35.9. The first-order valence-electron chi connectivity index (χ1n) is 16.2. The minimum Gasteiger partial charge on any atom is -0.459 e. The number of unbranched alkanes of at least 4 members (excludes halogenated alkanes) is 11. The van der Waals surface area contributed by atoms with Crippen LogP contribution in [-0.2, 0) is 11.2 Å². The Kier molecular flexibility index (Phi) is 16.6. The minimum absolute atomic E-state index is 0. The lowest BCUT2D eigenvalue weighted by atomic mass is 10.0. The molecule has 3 rings (SSSR count). The van der Waals surface area contributed by atoms with Crippen LogP contribution < -0.4 is 4.74 Å². The zero-order valence-electron chi connectivity index (χ0n) is 26.4. The second-order valence-electron chi connectivity index (χ2n) is 11.6. The summed E-state index contributed by atoms with van der Waals surface area (Å²) in [5, 5.41) is 1.67. The molecule has 0 aromatic heterocycles. The number of fused-ring (bicyclic) bond motifs is 1. The van der Waals surface area contributed by atoms with Crippen molar-refractivity contribution in [2.24, 2.45) is 0 Å². The normalized spacial score (nSPS) is 11.6. The van der Waals surface area contributed by atoms with E-state index in [4.69, 9.17) is 9.47 Å². The van der Waals surface area contributed by atoms with Gasteiger partial charge in [-0.05, 0) is 85.3 Å². The van der Waals surface area contributed by atoms with Gasteiger partial charge in [-0.15, -0.1) is 0 Å². The molecule has 0 radical (unpaired) electrons.